The van der Waals surface area contributed by atoms with Crippen molar-refractivity contribution in [2.75, 3.05) is 0 Å². The molecule has 1 fully saturated rings. The first-order chi connectivity index (χ1) is 11.6. The van der Waals surface area contributed by atoms with E-state index in [1.807, 2.05) is 12.1 Å². The molecule has 1 aromatic carbocycles. The Hall–Kier alpha value is -2.33. The molecule has 24 heavy (non-hydrogen) atoms. The number of benzene rings is 1. The summed E-state index contributed by atoms with van der Waals surface area (Å²) in [5.74, 6) is 0.542. The lowest BCUT2D eigenvalue weighted by molar-refractivity contribution is -0.128. The summed E-state index contributed by atoms with van der Waals surface area (Å²) in [5.41, 5.74) is 1.22. The van der Waals surface area contributed by atoms with Gasteiger partial charge in [0.2, 0.25) is 0 Å². The number of allylic oxidation sites excluding steroid dienone is 4. The minimum Gasteiger partial charge on any atom is -0.508 e. The maximum Gasteiger partial charge on any atom is 0.336 e. The van der Waals surface area contributed by atoms with Crippen LogP contribution in [0.3, 0.4) is 0 Å². The Morgan fingerprint density at radius 1 is 1.12 bits per heavy atom. The van der Waals surface area contributed by atoms with Crippen molar-refractivity contribution in [2.24, 2.45) is 0 Å². The maximum atomic E-state index is 11.7. The normalized spacial score (nSPS) is 22.2. The van der Waals surface area contributed by atoms with Crippen LogP contribution in [-0.4, -0.2) is 22.3 Å². The number of hydrogen-bond acceptors (Lipinski definition) is 4. The van der Waals surface area contributed by atoms with Crippen molar-refractivity contribution in [3.63, 3.8) is 0 Å². The molecule has 1 aliphatic rings. The number of carbonyl (C=O) groups excluding carboxylic acids is 1. The van der Waals surface area contributed by atoms with E-state index in [-0.39, 0.29) is 11.9 Å². The number of aliphatic hydroxyl groups is 2. The maximum absolute atomic E-state index is 11.7. The molecule has 0 heterocycles. The van der Waals surface area contributed by atoms with E-state index in [2.05, 4.69) is 0 Å². The third-order valence-electron chi connectivity index (χ3n) is 4.10. The van der Waals surface area contributed by atoms with E-state index < -0.39 is 5.97 Å². The van der Waals surface area contributed by atoms with Crippen molar-refractivity contribution in [2.45, 2.75) is 44.6 Å². The van der Waals surface area contributed by atoms with E-state index in [4.69, 9.17) is 4.74 Å². The number of rotatable bonds is 5. The Balaban J connectivity index is 1.88. The smallest absolute Gasteiger partial charge is 0.336 e. The zero-order valence-corrected chi connectivity index (χ0v) is 13.9. The van der Waals surface area contributed by atoms with Crippen LogP contribution in [0.4, 0.5) is 0 Å². The molecule has 0 atom stereocenters. The van der Waals surface area contributed by atoms with Crippen LogP contribution in [0.2, 0.25) is 0 Å². The Labute approximate surface area is 142 Å². The SMILES string of the molecule is C\C=C/C(O)=C\C=C\C(=O)Oc1ccc(C2CCC(O)CC2)cc1. The van der Waals surface area contributed by atoms with Crippen molar-refractivity contribution >= 4 is 5.97 Å². The molecule has 4 nitrogen and oxygen atoms in total. The van der Waals surface area contributed by atoms with Gasteiger partial charge in [-0.1, -0.05) is 24.3 Å². The molecule has 2 rings (SSSR count). The van der Waals surface area contributed by atoms with Crippen LogP contribution in [0.25, 0.3) is 0 Å². The molecule has 4 heteroatoms. The van der Waals surface area contributed by atoms with Gasteiger partial charge in [-0.2, -0.15) is 0 Å². The van der Waals surface area contributed by atoms with Crippen molar-refractivity contribution in [3.8, 4) is 5.75 Å². The van der Waals surface area contributed by atoms with Gasteiger partial charge < -0.3 is 14.9 Å². The number of esters is 1. The van der Waals surface area contributed by atoms with Gasteiger partial charge in [0.05, 0.1) is 6.10 Å². The van der Waals surface area contributed by atoms with Gasteiger partial charge in [-0.25, -0.2) is 4.79 Å². The van der Waals surface area contributed by atoms with Crippen molar-refractivity contribution in [1.82, 2.24) is 0 Å². The molecule has 0 aliphatic heterocycles. The first-order valence-electron chi connectivity index (χ1n) is 8.28. The summed E-state index contributed by atoms with van der Waals surface area (Å²) in [4.78, 5) is 11.7. The molecule has 1 saturated carbocycles. The molecular weight excluding hydrogens is 304 g/mol. The predicted molar refractivity (Wildman–Crippen MR) is 94.0 cm³/mol. The lowest BCUT2D eigenvalue weighted by Gasteiger charge is -2.25. The third-order valence-corrected chi connectivity index (χ3v) is 4.10. The average molecular weight is 328 g/mol. The summed E-state index contributed by atoms with van der Waals surface area (Å²) in [7, 11) is 0. The fourth-order valence-corrected chi connectivity index (χ4v) is 2.82. The van der Waals surface area contributed by atoms with Crippen LogP contribution in [-0.2, 0) is 4.79 Å². The van der Waals surface area contributed by atoms with Crippen molar-refractivity contribution in [3.05, 3.63) is 66.0 Å². The van der Waals surface area contributed by atoms with E-state index in [9.17, 15) is 15.0 Å². The Morgan fingerprint density at radius 2 is 1.79 bits per heavy atom. The van der Waals surface area contributed by atoms with Crippen LogP contribution >= 0.6 is 0 Å². The van der Waals surface area contributed by atoms with E-state index in [0.29, 0.717) is 11.7 Å². The number of carbonyl (C=O) groups is 1. The van der Waals surface area contributed by atoms with Crippen LogP contribution < -0.4 is 4.74 Å². The molecule has 0 bridgehead atoms. The fraction of sp³-hybridized carbons (Fsp3) is 0.350. The quantitative estimate of drug-likeness (QED) is 0.280. The summed E-state index contributed by atoms with van der Waals surface area (Å²) in [6.45, 7) is 1.79. The van der Waals surface area contributed by atoms with Gasteiger partial charge in [0.25, 0.3) is 0 Å². The molecule has 2 N–H and O–H groups in total. The van der Waals surface area contributed by atoms with Crippen LogP contribution in [0.1, 0.15) is 44.1 Å². The second kappa shape index (κ2) is 9.08. The molecule has 0 radical (unpaired) electrons. The van der Waals surface area contributed by atoms with Crippen LogP contribution in [0.15, 0.2) is 60.4 Å². The zero-order chi connectivity index (χ0) is 17.4. The highest BCUT2D eigenvalue weighted by Crippen LogP contribution is 2.33. The first-order valence-corrected chi connectivity index (χ1v) is 8.28. The lowest BCUT2D eigenvalue weighted by Crippen LogP contribution is -2.16. The monoisotopic (exact) mass is 328 g/mol. The molecular formula is C20H24O4. The molecule has 0 amide bonds. The summed E-state index contributed by atoms with van der Waals surface area (Å²) < 4.78 is 5.22. The standard InChI is InChI=1S/C20H24O4/c1-2-4-17(21)5-3-6-20(23)24-19-13-9-16(10-14-19)15-7-11-18(22)12-8-15/h2-6,9-10,13-15,18,21-22H,7-8,11-12H2,1H3/b4-2-,6-3+,17-5+. The highest BCUT2D eigenvalue weighted by molar-refractivity contribution is 5.84. The number of ether oxygens (including phenoxy) is 1. The Morgan fingerprint density at radius 3 is 2.42 bits per heavy atom. The molecule has 0 spiro atoms. The lowest BCUT2D eigenvalue weighted by atomic mass is 9.83. The zero-order valence-electron chi connectivity index (χ0n) is 13.9. The van der Waals surface area contributed by atoms with Gasteiger partial charge in [0, 0.05) is 6.08 Å². The summed E-state index contributed by atoms with van der Waals surface area (Å²) >= 11 is 0. The van der Waals surface area contributed by atoms with Crippen LogP contribution in [0, 0.1) is 0 Å². The molecule has 0 unspecified atom stereocenters. The number of hydrogen-bond donors (Lipinski definition) is 2. The molecule has 0 aromatic heterocycles. The van der Waals surface area contributed by atoms with Gasteiger partial charge in [0.1, 0.15) is 11.5 Å². The second-order valence-corrected chi connectivity index (χ2v) is 5.95. The van der Waals surface area contributed by atoms with E-state index in [1.54, 1.807) is 25.1 Å². The van der Waals surface area contributed by atoms with Gasteiger partial charge in [-0.05, 0) is 68.4 Å². The molecule has 0 saturated heterocycles. The second-order valence-electron chi connectivity index (χ2n) is 5.95. The highest BCUT2D eigenvalue weighted by Gasteiger charge is 2.20. The summed E-state index contributed by atoms with van der Waals surface area (Å²) in [5, 5.41) is 18.9. The third kappa shape index (κ3) is 5.70. The Bertz CT molecular complexity index is 618. The molecule has 1 aromatic rings. The average Bonchev–Trinajstić information content (AvgIpc) is 2.56. The first kappa shape index (κ1) is 18.0. The minimum absolute atomic E-state index is 0.0727. The largest absolute Gasteiger partial charge is 0.508 e. The predicted octanol–water partition coefficient (Wildman–Crippen LogP) is 4.18. The van der Waals surface area contributed by atoms with Crippen molar-refractivity contribution < 1.29 is 19.7 Å². The van der Waals surface area contributed by atoms with E-state index in [1.165, 1.54) is 29.9 Å². The minimum atomic E-state index is -0.493. The summed E-state index contributed by atoms with van der Waals surface area (Å²) in [6, 6.07) is 7.54. The van der Waals surface area contributed by atoms with E-state index in [0.717, 1.165) is 25.7 Å². The Kier molecular flexibility index (Phi) is 6.82. The van der Waals surface area contributed by atoms with Gasteiger partial charge in [0.15, 0.2) is 0 Å². The van der Waals surface area contributed by atoms with E-state index >= 15 is 0 Å². The summed E-state index contributed by atoms with van der Waals surface area (Å²) in [6.07, 6.45) is 10.9. The topological polar surface area (TPSA) is 66.8 Å². The van der Waals surface area contributed by atoms with Crippen LogP contribution in [0.5, 0.6) is 5.75 Å². The molecule has 128 valence electrons. The van der Waals surface area contributed by atoms with Gasteiger partial charge >= 0.3 is 5.97 Å². The van der Waals surface area contributed by atoms with Gasteiger partial charge in [-0.15, -0.1) is 0 Å². The molecule has 1 aliphatic carbocycles. The highest BCUT2D eigenvalue weighted by atomic mass is 16.5. The number of aliphatic hydroxyl groups excluding tert-OH is 2. The van der Waals surface area contributed by atoms with Gasteiger partial charge in [-0.3, -0.25) is 0 Å². The van der Waals surface area contributed by atoms with Crippen molar-refractivity contribution in [1.29, 1.82) is 0 Å². The fourth-order valence-electron chi connectivity index (χ4n) is 2.82.